The number of allylic oxidation sites excluding steroid dienone is 5. The quantitative estimate of drug-likeness (QED) is 0.298. The molecule has 2 unspecified atom stereocenters. The molecular formula is C20H34O2. The van der Waals surface area contributed by atoms with Gasteiger partial charge in [0.05, 0.1) is 18.8 Å². The molecule has 2 heteroatoms. The highest BCUT2D eigenvalue weighted by molar-refractivity contribution is 5.04. The molecule has 22 heavy (non-hydrogen) atoms. The maximum Gasteiger partial charge on any atom is 0.110 e. The van der Waals surface area contributed by atoms with Crippen molar-refractivity contribution in [2.24, 2.45) is 0 Å². The Kier molecular flexibility index (Phi) is 8.13. The van der Waals surface area contributed by atoms with Gasteiger partial charge in [0.15, 0.2) is 0 Å². The van der Waals surface area contributed by atoms with Gasteiger partial charge >= 0.3 is 0 Å². The molecule has 1 aliphatic heterocycles. The minimum absolute atomic E-state index is 0.0359. The fourth-order valence-corrected chi connectivity index (χ4v) is 2.44. The Hall–Kier alpha value is -0.860. The normalized spacial score (nSPS) is 24.1. The van der Waals surface area contributed by atoms with E-state index >= 15 is 0 Å². The number of hydrogen-bond donors (Lipinski definition) is 0. The molecule has 1 fully saturated rings. The van der Waals surface area contributed by atoms with Gasteiger partial charge in [-0.2, -0.15) is 0 Å². The van der Waals surface area contributed by atoms with E-state index in [1.165, 1.54) is 16.7 Å². The third-order valence-electron chi connectivity index (χ3n) is 4.14. The molecule has 1 rings (SSSR count). The lowest BCUT2D eigenvalue weighted by molar-refractivity contribution is 0.140. The Labute approximate surface area is 137 Å². The molecule has 1 aliphatic rings. The first-order valence-corrected chi connectivity index (χ1v) is 8.51. The summed E-state index contributed by atoms with van der Waals surface area (Å²) in [5.41, 5.74) is 4.21. The Morgan fingerprint density at radius 3 is 2.27 bits per heavy atom. The highest BCUT2D eigenvalue weighted by Gasteiger charge is 2.51. The summed E-state index contributed by atoms with van der Waals surface area (Å²) in [6, 6.07) is 0. The topological polar surface area (TPSA) is 21.8 Å². The molecule has 0 saturated carbocycles. The molecule has 0 aromatic carbocycles. The van der Waals surface area contributed by atoms with E-state index in [9.17, 15) is 0 Å². The Balaban J connectivity index is 2.13. The molecule has 0 aromatic heterocycles. The first-order valence-electron chi connectivity index (χ1n) is 8.51. The molecule has 0 aromatic rings. The van der Waals surface area contributed by atoms with Gasteiger partial charge in [-0.05, 0) is 67.2 Å². The van der Waals surface area contributed by atoms with Crippen molar-refractivity contribution in [3.05, 3.63) is 34.9 Å². The van der Waals surface area contributed by atoms with Crippen LogP contribution in [0.4, 0.5) is 0 Å². The van der Waals surface area contributed by atoms with Crippen LogP contribution in [0.2, 0.25) is 0 Å². The third-order valence-corrected chi connectivity index (χ3v) is 4.14. The fourth-order valence-electron chi connectivity index (χ4n) is 2.44. The van der Waals surface area contributed by atoms with E-state index in [4.69, 9.17) is 9.47 Å². The second-order valence-corrected chi connectivity index (χ2v) is 7.15. The van der Waals surface area contributed by atoms with E-state index in [0.717, 1.165) is 25.7 Å². The largest absolute Gasteiger partial charge is 0.375 e. The molecule has 1 heterocycles. The maximum atomic E-state index is 5.80. The molecule has 2 atom stereocenters. The van der Waals surface area contributed by atoms with Gasteiger partial charge in [-0.25, -0.2) is 0 Å². The molecule has 0 radical (unpaired) electrons. The van der Waals surface area contributed by atoms with Crippen molar-refractivity contribution in [1.29, 1.82) is 0 Å². The van der Waals surface area contributed by atoms with Crippen molar-refractivity contribution >= 4 is 0 Å². The summed E-state index contributed by atoms with van der Waals surface area (Å²) in [6.07, 6.45) is 11.5. The van der Waals surface area contributed by atoms with Crippen LogP contribution in [0.3, 0.4) is 0 Å². The van der Waals surface area contributed by atoms with Crippen molar-refractivity contribution in [2.75, 3.05) is 13.2 Å². The Bertz CT molecular complexity index is 423. The molecule has 126 valence electrons. The van der Waals surface area contributed by atoms with Crippen LogP contribution in [-0.4, -0.2) is 24.9 Å². The fraction of sp³-hybridized carbons (Fsp3) is 0.700. The van der Waals surface area contributed by atoms with Crippen LogP contribution < -0.4 is 0 Å². The SMILES string of the molecule is CC(C)=CCC/C(C)=C/COCC1OC1(C)CCC=C(C)C. The summed E-state index contributed by atoms with van der Waals surface area (Å²) in [4.78, 5) is 0. The zero-order valence-corrected chi connectivity index (χ0v) is 15.4. The predicted molar refractivity (Wildman–Crippen MR) is 95.2 cm³/mol. The van der Waals surface area contributed by atoms with E-state index in [-0.39, 0.29) is 11.7 Å². The van der Waals surface area contributed by atoms with Crippen LogP contribution in [0, 0.1) is 0 Å². The van der Waals surface area contributed by atoms with Crippen molar-refractivity contribution in [3.8, 4) is 0 Å². The van der Waals surface area contributed by atoms with Gasteiger partial charge in [0.25, 0.3) is 0 Å². The molecule has 0 amide bonds. The van der Waals surface area contributed by atoms with E-state index in [2.05, 4.69) is 59.8 Å². The summed E-state index contributed by atoms with van der Waals surface area (Å²) in [6.45, 7) is 14.4. The second kappa shape index (κ2) is 9.32. The summed E-state index contributed by atoms with van der Waals surface area (Å²) in [5, 5.41) is 0. The first-order chi connectivity index (χ1) is 10.3. The Morgan fingerprint density at radius 2 is 1.64 bits per heavy atom. The van der Waals surface area contributed by atoms with Crippen LogP contribution in [0.15, 0.2) is 34.9 Å². The van der Waals surface area contributed by atoms with Crippen LogP contribution in [0.1, 0.15) is 67.2 Å². The van der Waals surface area contributed by atoms with Gasteiger partial charge in [0.2, 0.25) is 0 Å². The van der Waals surface area contributed by atoms with Crippen molar-refractivity contribution in [2.45, 2.75) is 78.9 Å². The summed E-state index contributed by atoms with van der Waals surface area (Å²) >= 11 is 0. The van der Waals surface area contributed by atoms with Gasteiger partial charge in [0.1, 0.15) is 6.10 Å². The smallest absolute Gasteiger partial charge is 0.110 e. The third kappa shape index (κ3) is 7.95. The van der Waals surface area contributed by atoms with E-state index in [1.54, 1.807) is 0 Å². The number of rotatable bonds is 10. The van der Waals surface area contributed by atoms with E-state index in [1.807, 2.05) is 0 Å². The van der Waals surface area contributed by atoms with Crippen molar-refractivity contribution in [3.63, 3.8) is 0 Å². The van der Waals surface area contributed by atoms with Gasteiger partial charge < -0.3 is 9.47 Å². The van der Waals surface area contributed by atoms with Crippen LogP contribution >= 0.6 is 0 Å². The van der Waals surface area contributed by atoms with Gasteiger partial charge in [-0.15, -0.1) is 0 Å². The van der Waals surface area contributed by atoms with Gasteiger partial charge in [-0.1, -0.05) is 34.9 Å². The first kappa shape index (κ1) is 19.2. The Morgan fingerprint density at radius 1 is 1.00 bits per heavy atom. The molecule has 2 nitrogen and oxygen atoms in total. The lowest BCUT2D eigenvalue weighted by Crippen LogP contribution is -2.14. The maximum absolute atomic E-state index is 5.80. The lowest BCUT2D eigenvalue weighted by atomic mass is 10.0. The van der Waals surface area contributed by atoms with E-state index in [0.29, 0.717) is 13.2 Å². The predicted octanol–water partition coefficient (Wildman–Crippen LogP) is 5.60. The number of hydrogen-bond acceptors (Lipinski definition) is 2. The second-order valence-electron chi connectivity index (χ2n) is 7.15. The van der Waals surface area contributed by atoms with Crippen LogP contribution in [0.5, 0.6) is 0 Å². The number of ether oxygens (including phenoxy) is 2. The average molecular weight is 306 g/mol. The summed E-state index contributed by atoms with van der Waals surface area (Å²) < 4.78 is 11.5. The van der Waals surface area contributed by atoms with Crippen molar-refractivity contribution in [1.82, 2.24) is 0 Å². The molecule has 0 N–H and O–H groups in total. The lowest BCUT2D eigenvalue weighted by Gasteiger charge is -2.05. The van der Waals surface area contributed by atoms with Crippen molar-refractivity contribution < 1.29 is 9.47 Å². The number of epoxide rings is 1. The molecule has 0 spiro atoms. The zero-order valence-electron chi connectivity index (χ0n) is 15.4. The molecule has 1 saturated heterocycles. The van der Waals surface area contributed by atoms with Crippen LogP contribution in [0.25, 0.3) is 0 Å². The van der Waals surface area contributed by atoms with E-state index < -0.39 is 0 Å². The van der Waals surface area contributed by atoms with Crippen LogP contribution in [-0.2, 0) is 9.47 Å². The zero-order chi connectivity index (χ0) is 16.6. The van der Waals surface area contributed by atoms with Gasteiger partial charge in [0, 0.05) is 0 Å². The minimum Gasteiger partial charge on any atom is -0.375 e. The molecule has 0 aliphatic carbocycles. The molecule has 0 bridgehead atoms. The highest BCUT2D eigenvalue weighted by Crippen LogP contribution is 2.40. The minimum atomic E-state index is 0.0359. The average Bonchev–Trinajstić information content (AvgIpc) is 3.04. The monoisotopic (exact) mass is 306 g/mol. The highest BCUT2D eigenvalue weighted by atomic mass is 16.6. The van der Waals surface area contributed by atoms with Gasteiger partial charge in [-0.3, -0.25) is 0 Å². The standard InChI is InChI=1S/C20H34O2/c1-16(2)9-7-11-18(5)12-14-21-15-19-20(6,22-19)13-8-10-17(3)4/h9-10,12,19H,7-8,11,13-15H2,1-6H3/b18-12+. The molecular weight excluding hydrogens is 272 g/mol. The summed E-state index contributed by atoms with van der Waals surface area (Å²) in [5.74, 6) is 0. The summed E-state index contributed by atoms with van der Waals surface area (Å²) in [7, 11) is 0.